The lowest BCUT2D eigenvalue weighted by Gasteiger charge is -2.32. The molecule has 0 saturated heterocycles. The fourth-order valence-corrected chi connectivity index (χ4v) is 1.02. The molecular formula is C4H7N2O2S. The monoisotopic (exact) mass is 147 g/mol. The van der Waals surface area contributed by atoms with Crippen LogP contribution in [-0.2, 0) is 0 Å². The van der Waals surface area contributed by atoms with Crippen molar-refractivity contribution < 1.29 is 9.11 Å². The maximum Gasteiger partial charge on any atom is 0.144 e. The molecule has 0 aromatic carbocycles. The fraction of sp³-hybridized carbons (Fsp3) is 0.250. The van der Waals surface area contributed by atoms with E-state index in [1.54, 1.807) is 0 Å². The van der Waals surface area contributed by atoms with Gasteiger partial charge in [-0.15, -0.1) is 0 Å². The fourth-order valence-electron chi connectivity index (χ4n) is 0.399. The van der Waals surface area contributed by atoms with Gasteiger partial charge in [0.25, 0.3) is 0 Å². The van der Waals surface area contributed by atoms with Crippen LogP contribution in [0, 0.1) is 0 Å². The highest BCUT2D eigenvalue weighted by Gasteiger charge is 2.19. The van der Waals surface area contributed by atoms with Crippen LogP contribution in [0.1, 0.15) is 0 Å². The summed E-state index contributed by atoms with van der Waals surface area (Å²) < 4.78 is 17.9. The lowest BCUT2D eigenvalue weighted by molar-refractivity contribution is 0.494. The smallest absolute Gasteiger partial charge is 0.144 e. The van der Waals surface area contributed by atoms with Crippen LogP contribution >= 0.6 is 10.6 Å². The highest BCUT2D eigenvalue weighted by Crippen LogP contribution is 2.43. The number of hydrogen-bond acceptors (Lipinski definition) is 4. The molecule has 51 valence electrons. The number of nitrogens with zero attached hydrogens (tertiary/aromatic N) is 1. The van der Waals surface area contributed by atoms with E-state index in [9.17, 15) is 0 Å². The topological polar surface area (TPSA) is 78.8 Å². The maximum atomic E-state index is 8.95. The van der Waals surface area contributed by atoms with E-state index < -0.39 is 16.0 Å². The zero-order valence-electron chi connectivity index (χ0n) is 4.56. The van der Waals surface area contributed by atoms with Crippen LogP contribution in [0.5, 0.6) is 0 Å². The summed E-state index contributed by atoms with van der Waals surface area (Å²) in [5.74, 6) is 0. The van der Waals surface area contributed by atoms with Crippen LogP contribution in [0.25, 0.3) is 0 Å². The predicted molar refractivity (Wildman–Crippen MR) is 37.4 cm³/mol. The average Bonchev–Trinajstić information content (AvgIpc) is 1.77. The Kier molecular flexibility index (Phi) is 1.58. The van der Waals surface area contributed by atoms with Crippen LogP contribution < -0.4 is 5.73 Å². The number of nitrogens with two attached hydrogens (primary N) is 1. The van der Waals surface area contributed by atoms with Gasteiger partial charge in [0, 0.05) is 11.6 Å². The van der Waals surface area contributed by atoms with Crippen molar-refractivity contribution in [1.82, 2.24) is 0 Å². The van der Waals surface area contributed by atoms with E-state index in [1.807, 2.05) is 0 Å². The molecule has 1 radical (unpaired) electrons. The van der Waals surface area contributed by atoms with Crippen LogP contribution in [0.2, 0.25) is 0 Å². The molecule has 1 atom stereocenters. The van der Waals surface area contributed by atoms with Gasteiger partial charge in [-0.25, -0.2) is 0 Å². The normalized spacial score (nSPS) is 34.3. The molecule has 0 aromatic heterocycles. The number of aliphatic imine (C=N–C) groups is 1. The molecule has 1 unspecified atom stereocenters. The summed E-state index contributed by atoms with van der Waals surface area (Å²) in [4.78, 5) is 3.50. The van der Waals surface area contributed by atoms with Crippen molar-refractivity contribution in [2.75, 3.05) is 0 Å². The number of rotatable bonds is 0. The summed E-state index contributed by atoms with van der Waals surface area (Å²) in [7, 11) is -2.77. The van der Waals surface area contributed by atoms with Gasteiger partial charge < -0.3 is 5.73 Å². The Morgan fingerprint density at radius 3 is 2.67 bits per heavy atom. The van der Waals surface area contributed by atoms with Crippen molar-refractivity contribution >= 4 is 16.8 Å². The third-order valence-corrected chi connectivity index (χ3v) is 2.29. The molecule has 1 heterocycles. The first kappa shape index (κ1) is 6.76. The first-order valence-electron chi connectivity index (χ1n) is 2.27. The van der Waals surface area contributed by atoms with Gasteiger partial charge in [-0.3, -0.25) is 14.1 Å². The number of hydrogen-bond donors (Lipinski definition) is 3. The Balaban J connectivity index is 2.78. The van der Waals surface area contributed by atoms with E-state index >= 15 is 0 Å². The van der Waals surface area contributed by atoms with Crippen molar-refractivity contribution in [1.29, 1.82) is 0 Å². The molecule has 0 bridgehead atoms. The molecule has 0 spiro atoms. The molecule has 1 rings (SSSR count). The van der Waals surface area contributed by atoms with Crippen molar-refractivity contribution in [3.05, 3.63) is 11.6 Å². The lowest BCUT2D eigenvalue weighted by atomic mass is 10.7. The molecule has 4 nitrogen and oxygen atoms in total. The summed E-state index contributed by atoms with van der Waals surface area (Å²) in [6.45, 7) is 0. The van der Waals surface area contributed by atoms with Gasteiger partial charge in [0.05, 0.1) is 0 Å². The maximum absolute atomic E-state index is 8.95. The van der Waals surface area contributed by atoms with E-state index in [1.165, 1.54) is 11.6 Å². The van der Waals surface area contributed by atoms with Crippen LogP contribution in [0.3, 0.4) is 0 Å². The zero-order valence-corrected chi connectivity index (χ0v) is 5.38. The molecule has 0 amide bonds. The SMILES string of the molecule is NC1[C]=NC=CS1(O)O. The van der Waals surface area contributed by atoms with E-state index in [4.69, 9.17) is 14.8 Å². The molecular weight excluding hydrogens is 140 g/mol. The lowest BCUT2D eigenvalue weighted by Crippen LogP contribution is -2.28. The Hall–Kier alpha value is -0.360. The van der Waals surface area contributed by atoms with E-state index in [0.29, 0.717) is 0 Å². The summed E-state index contributed by atoms with van der Waals surface area (Å²) in [5.41, 5.74) is 5.19. The van der Waals surface area contributed by atoms with Crippen LogP contribution in [-0.4, -0.2) is 20.7 Å². The summed E-state index contributed by atoms with van der Waals surface area (Å²) >= 11 is 0. The molecule has 0 aromatic rings. The van der Waals surface area contributed by atoms with Crippen molar-refractivity contribution in [2.24, 2.45) is 10.7 Å². The molecule has 1 aliphatic heterocycles. The van der Waals surface area contributed by atoms with Gasteiger partial charge in [0.2, 0.25) is 0 Å². The van der Waals surface area contributed by atoms with Gasteiger partial charge in [0.15, 0.2) is 0 Å². The largest absolute Gasteiger partial charge is 0.306 e. The second-order valence-corrected chi connectivity index (χ2v) is 3.66. The molecule has 0 saturated carbocycles. The first-order valence-corrected chi connectivity index (χ1v) is 3.95. The summed E-state index contributed by atoms with van der Waals surface area (Å²) in [5, 5.41) is 0.330. The van der Waals surface area contributed by atoms with Crippen molar-refractivity contribution in [3.8, 4) is 0 Å². The zero-order chi connectivity index (χ0) is 6.91. The van der Waals surface area contributed by atoms with Crippen molar-refractivity contribution in [3.63, 3.8) is 0 Å². The highest BCUT2D eigenvalue weighted by molar-refractivity contribution is 8.27. The third-order valence-electron chi connectivity index (χ3n) is 0.911. The minimum atomic E-state index is -2.77. The highest BCUT2D eigenvalue weighted by atomic mass is 32.3. The van der Waals surface area contributed by atoms with E-state index in [0.717, 1.165) is 0 Å². The quantitative estimate of drug-likeness (QED) is 0.465. The molecule has 9 heavy (non-hydrogen) atoms. The van der Waals surface area contributed by atoms with Gasteiger partial charge in [-0.1, -0.05) is 0 Å². The first-order chi connectivity index (χ1) is 4.13. The van der Waals surface area contributed by atoms with Crippen molar-refractivity contribution in [2.45, 2.75) is 5.37 Å². The minimum absolute atomic E-state index is 0.859. The Morgan fingerprint density at radius 2 is 2.33 bits per heavy atom. The standard InChI is InChI=1S/C4H7N2O2S/c5-4-3-6-1-2-9(4,7)8/h1-2,4,7-8H,5H2. The molecule has 5 heteroatoms. The van der Waals surface area contributed by atoms with E-state index in [-0.39, 0.29) is 0 Å². The summed E-state index contributed by atoms with van der Waals surface area (Å²) in [6, 6.07) is 0. The second-order valence-electron chi connectivity index (χ2n) is 1.60. The summed E-state index contributed by atoms with van der Waals surface area (Å²) in [6.07, 6.45) is 3.60. The van der Waals surface area contributed by atoms with Gasteiger partial charge in [0.1, 0.15) is 11.6 Å². The third kappa shape index (κ3) is 1.31. The van der Waals surface area contributed by atoms with Crippen LogP contribution in [0.4, 0.5) is 0 Å². The van der Waals surface area contributed by atoms with Gasteiger partial charge in [-0.05, 0) is 0 Å². The van der Waals surface area contributed by atoms with E-state index in [2.05, 4.69) is 11.2 Å². The Labute approximate surface area is 54.4 Å². The Morgan fingerprint density at radius 1 is 1.67 bits per heavy atom. The van der Waals surface area contributed by atoms with Gasteiger partial charge in [-0.2, -0.15) is 10.6 Å². The molecule has 1 aliphatic rings. The molecule has 4 N–H and O–H groups in total. The van der Waals surface area contributed by atoms with Gasteiger partial charge >= 0.3 is 0 Å². The second kappa shape index (κ2) is 2.11. The predicted octanol–water partition coefficient (Wildman–Crippen LogP) is 0.454. The minimum Gasteiger partial charge on any atom is -0.306 e. The molecule has 0 aliphatic carbocycles. The van der Waals surface area contributed by atoms with Crippen LogP contribution in [0.15, 0.2) is 16.6 Å². The Bertz CT molecular complexity index is 166. The molecule has 0 fully saturated rings. The average molecular weight is 147 g/mol.